The first-order chi connectivity index (χ1) is 8.98. The highest BCUT2D eigenvalue weighted by Gasteiger charge is 2.17. The van der Waals surface area contributed by atoms with Crippen LogP contribution in [-0.2, 0) is 0 Å². The van der Waals surface area contributed by atoms with Gasteiger partial charge in [-0.2, -0.15) is 0 Å². The van der Waals surface area contributed by atoms with Crippen LogP contribution >= 0.6 is 0 Å². The van der Waals surface area contributed by atoms with Crippen molar-refractivity contribution in [1.29, 1.82) is 0 Å². The van der Waals surface area contributed by atoms with Crippen LogP contribution in [0.25, 0.3) is 0 Å². The molecule has 0 unspecified atom stereocenters. The van der Waals surface area contributed by atoms with E-state index in [2.05, 4.69) is 34.7 Å². The van der Waals surface area contributed by atoms with Crippen molar-refractivity contribution in [2.45, 2.75) is 27.2 Å². The van der Waals surface area contributed by atoms with Crippen LogP contribution in [0.3, 0.4) is 0 Å². The number of hydrogen-bond acceptors (Lipinski definition) is 5. The molecule has 19 heavy (non-hydrogen) atoms. The van der Waals surface area contributed by atoms with Gasteiger partial charge in [0.2, 0.25) is 0 Å². The fourth-order valence-corrected chi connectivity index (χ4v) is 1.52. The highest BCUT2D eigenvalue weighted by Crippen LogP contribution is 2.19. The van der Waals surface area contributed by atoms with E-state index in [1.165, 1.54) is 0 Å². The van der Waals surface area contributed by atoms with E-state index in [0.29, 0.717) is 31.0 Å². The summed E-state index contributed by atoms with van der Waals surface area (Å²) >= 11 is 0. The maximum absolute atomic E-state index is 11.5. The van der Waals surface area contributed by atoms with Crippen LogP contribution < -0.4 is 10.6 Å². The molecule has 0 aliphatic rings. The number of aromatic nitrogens is 2. The molecule has 0 aliphatic carbocycles. The van der Waals surface area contributed by atoms with Crippen LogP contribution in [0, 0.1) is 5.41 Å². The molecule has 0 fully saturated rings. The molecule has 1 rings (SSSR count). The Bertz CT molecular complexity index is 404. The van der Waals surface area contributed by atoms with Gasteiger partial charge in [-0.3, -0.25) is 4.79 Å². The number of anilines is 1. The quantitative estimate of drug-likeness (QED) is 0.686. The van der Waals surface area contributed by atoms with Gasteiger partial charge in [-0.15, -0.1) is 10.2 Å². The summed E-state index contributed by atoms with van der Waals surface area (Å²) < 4.78 is 0. The van der Waals surface area contributed by atoms with E-state index < -0.39 is 0 Å². The molecular formula is C13H22N4O2. The van der Waals surface area contributed by atoms with Gasteiger partial charge in [-0.1, -0.05) is 13.8 Å². The van der Waals surface area contributed by atoms with Crippen LogP contribution in [0.15, 0.2) is 12.1 Å². The van der Waals surface area contributed by atoms with Gasteiger partial charge in [0.25, 0.3) is 5.91 Å². The highest BCUT2D eigenvalue weighted by molar-refractivity contribution is 5.92. The zero-order valence-corrected chi connectivity index (χ0v) is 11.7. The number of carbonyl (C=O) groups excluding carboxylic acids is 1. The number of nitrogens with one attached hydrogen (secondary N) is 2. The lowest BCUT2D eigenvalue weighted by molar-refractivity contribution is 0.0950. The Kier molecular flexibility index (Phi) is 5.69. The number of rotatable bonds is 7. The van der Waals surface area contributed by atoms with Crippen molar-refractivity contribution in [3.8, 4) is 0 Å². The summed E-state index contributed by atoms with van der Waals surface area (Å²) in [7, 11) is 0. The zero-order valence-electron chi connectivity index (χ0n) is 11.7. The molecule has 0 saturated carbocycles. The molecular weight excluding hydrogens is 244 g/mol. The molecule has 6 heteroatoms. The largest absolute Gasteiger partial charge is 0.396 e. The summed E-state index contributed by atoms with van der Waals surface area (Å²) in [5.41, 5.74) is 0.288. The topological polar surface area (TPSA) is 87.1 Å². The third-order valence-corrected chi connectivity index (χ3v) is 2.77. The fraction of sp³-hybridized carbons (Fsp3) is 0.615. The predicted octanol–water partition coefficient (Wildman–Crippen LogP) is 1.05. The van der Waals surface area contributed by atoms with Gasteiger partial charge in [-0.05, 0) is 30.9 Å². The molecule has 1 aromatic rings. The number of nitrogens with zero attached hydrogens (tertiary/aromatic N) is 2. The molecule has 1 amide bonds. The van der Waals surface area contributed by atoms with E-state index in [-0.39, 0.29) is 17.9 Å². The van der Waals surface area contributed by atoms with Gasteiger partial charge in [0.1, 0.15) is 5.82 Å². The van der Waals surface area contributed by atoms with E-state index in [0.717, 1.165) is 0 Å². The SMILES string of the molecule is CCNC(=O)c1ccc(NCC(C)(C)CCO)nn1. The molecule has 0 saturated heterocycles. The number of amides is 1. The van der Waals surface area contributed by atoms with Gasteiger partial charge < -0.3 is 15.7 Å². The van der Waals surface area contributed by atoms with Crippen molar-refractivity contribution < 1.29 is 9.90 Å². The second-order valence-electron chi connectivity index (χ2n) is 5.15. The summed E-state index contributed by atoms with van der Waals surface area (Å²) in [5, 5.41) is 22.6. The van der Waals surface area contributed by atoms with E-state index in [9.17, 15) is 4.79 Å². The maximum Gasteiger partial charge on any atom is 0.271 e. The highest BCUT2D eigenvalue weighted by atomic mass is 16.3. The van der Waals surface area contributed by atoms with Gasteiger partial charge in [-0.25, -0.2) is 0 Å². The van der Waals surface area contributed by atoms with Crippen molar-refractivity contribution >= 4 is 11.7 Å². The van der Waals surface area contributed by atoms with Crippen LogP contribution in [-0.4, -0.2) is 40.9 Å². The Morgan fingerprint density at radius 1 is 1.37 bits per heavy atom. The van der Waals surface area contributed by atoms with Crippen molar-refractivity contribution in [3.63, 3.8) is 0 Å². The Hall–Kier alpha value is -1.69. The lowest BCUT2D eigenvalue weighted by Crippen LogP contribution is -2.26. The first-order valence-electron chi connectivity index (χ1n) is 6.45. The molecule has 0 aromatic carbocycles. The van der Waals surface area contributed by atoms with Crippen LogP contribution in [0.1, 0.15) is 37.7 Å². The van der Waals surface area contributed by atoms with Crippen molar-refractivity contribution in [3.05, 3.63) is 17.8 Å². The van der Waals surface area contributed by atoms with Gasteiger partial charge in [0, 0.05) is 19.7 Å². The fourth-order valence-electron chi connectivity index (χ4n) is 1.52. The van der Waals surface area contributed by atoms with Crippen LogP contribution in [0.2, 0.25) is 0 Å². The predicted molar refractivity (Wildman–Crippen MR) is 74.0 cm³/mol. The normalized spacial score (nSPS) is 11.2. The molecule has 1 aromatic heterocycles. The van der Waals surface area contributed by atoms with Crippen molar-refractivity contribution in [2.24, 2.45) is 5.41 Å². The minimum Gasteiger partial charge on any atom is -0.396 e. The molecule has 0 radical (unpaired) electrons. The smallest absolute Gasteiger partial charge is 0.271 e. The average molecular weight is 266 g/mol. The van der Waals surface area contributed by atoms with E-state index >= 15 is 0 Å². The lowest BCUT2D eigenvalue weighted by atomic mass is 9.90. The molecule has 3 N–H and O–H groups in total. The van der Waals surface area contributed by atoms with E-state index in [1.807, 2.05) is 6.92 Å². The van der Waals surface area contributed by atoms with Crippen LogP contribution in [0.4, 0.5) is 5.82 Å². The number of aliphatic hydroxyl groups is 1. The minimum atomic E-state index is -0.220. The molecule has 1 heterocycles. The molecule has 6 nitrogen and oxygen atoms in total. The Balaban J connectivity index is 2.55. The third-order valence-electron chi connectivity index (χ3n) is 2.77. The molecule has 0 spiro atoms. The summed E-state index contributed by atoms with van der Waals surface area (Å²) in [6.45, 7) is 7.39. The lowest BCUT2D eigenvalue weighted by Gasteiger charge is -2.23. The Morgan fingerprint density at radius 3 is 2.63 bits per heavy atom. The minimum absolute atomic E-state index is 0.0192. The first-order valence-corrected chi connectivity index (χ1v) is 6.45. The summed E-state index contributed by atoms with van der Waals surface area (Å²) in [4.78, 5) is 11.5. The van der Waals surface area contributed by atoms with Gasteiger partial charge in [0.15, 0.2) is 5.69 Å². The number of aliphatic hydroxyl groups excluding tert-OH is 1. The van der Waals surface area contributed by atoms with Crippen LogP contribution in [0.5, 0.6) is 0 Å². The second-order valence-corrected chi connectivity index (χ2v) is 5.15. The first kappa shape index (κ1) is 15.4. The number of hydrogen-bond donors (Lipinski definition) is 3. The van der Waals surface area contributed by atoms with Gasteiger partial charge in [0.05, 0.1) is 0 Å². The number of carbonyl (C=O) groups is 1. The van der Waals surface area contributed by atoms with Gasteiger partial charge >= 0.3 is 0 Å². The maximum atomic E-state index is 11.5. The van der Waals surface area contributed by atoms with Crippen molar-refractivity contribution in [2.75, 3.05) is 25.0 Å². The average Bonchev–Trinajstić information content (AvgIpc) is 2.37. The standard InChI is InChI=1S/C13H22N4O2/c1-4-14-12(19)10-5-6-11(17-16-10)15-9-13(2,3)7-8-18/h5-6,18H,4,7-9H2,1-3H3,(H,14,19)(H,15,17). The zero-order chi connectivity index (χ0) is 14.3. The van der Waals surface area contributed by atoms with Crippen molar-refractivity contribution in [1.82, 2.24) is 15.5 Å². The second kappa shape index (κ2) is 7.04. The molecule has 106 valence electrons. The summed E-state index contributed by atoms with van der Waals surface area (Å²) in [6, 6.07) is 3.37. The monoisotopic (exact) mass is 266 g/mol. The Labute approximate surface area is 113 Å². The molecule has 0 aliphatic heterocycles. The molecule has 0 atom stereocenters. The third kappa shape index (κ3) is 5.21. The van der Waals surface area contributed by atoms with E-state index in [4.69, 9.17) is 5.11 Å². The molecule has 0 bridgehead atoms. The Morgan fingerprint density at radius 2 is 2.11 bits per heavy atom. The summed E-state index contributed by atoms with van der Waals surface area (Å²) in [5.74, 6) is 0.404. The summed E-state index contributed by atoms with van der Waals surface area (Å²) in [6.07, 6.45) is 0.713. The van der Waals surface area contributed by atoms with E-state index in [1.54, 1.807) is 12.1 Å².